The van der Waals surface area contributed by atoms with E-state index in [1.807, 2.05) is 29.2 Å². The van der Waals surface area contributed by atoms with Crippen LogP contribution in [0.4, 0.5) is 5.82 Å². The van der Waals surface area contributed by atoms with Crippen LogP contribution in [0, 0.1) is 17.0 Å². The van der Waals surface area contributed by atoms with E-state index >= 15 is 0 Å². The Bertz CT molecular complexity index is 817. The van der Waals surface area contributed by atoms with Crippen LogP contribution in [0.3, 0.4) is 0 Å². The van der Waals surface area contributed by atoms with E-state index in [2.05, 4.69) is 4.98 Å². The molecule has 0 radical (unpaired) electrons. The second kappa shape index (κ2) is 7.55. The summed E-state index contributed by atoms with van der Waals surface area (Å²) in [5.74, 6) is 1.18. The molecule has 1 atom stereocenters. The fraction of sp³-hybridized carbons (Fsp3) is 0.444. The lowest BCUT2D eigenvalue weighted by molar-refractivity contribution is -0.389. The third-order valence-corrected chi connectivity index (χ3v) is 4.77. The first-order chi connectivity index (χ1) is 12.5. The van der Waals surface area contributed by atoms with Gasteiger partial charge in [0.1, 0.15) is 11.9 Å². The zero-order valence-corrected chi connectivity index (χ0v) is 14.9. The van der Waals surface area contributed by atoms with Gasteiger partial charge in [0.05, 0.1) is 13.2 Å². The van der Waals surface area contributed by atoms with Gasteiger partial charge in [-0.3, -0.25) is 4.79 Å². The third kappa shape index (κ3) is 3.68. The fourth-order valence-electron chi connectivity index (χ4n) is 3.43. The van der Waals surface area contributed by atoms with Crippen molar-refractivity contribution in [3.63, 3.8) is 0 Å². The molecule has 1 saturated heterocycles. The zero-order chi connectivity index (χ0) is 18.7. The maximum atomic E-state index is 12.7. The summed E-state index contributed by atoms with van der Waals surface area (Å²) in [6.07, 6.45) is 3.55. The number of imidazole rings is 1. The lowest BCUT2D eigenvalue weighted by Gasteiger charge is -2.25. The summed E-state index contributed by atoms with van der Waals surface area (Å²) in [4.78, 5) is 28.8. The molecule has 1 aromatic heterocycles. The molecule has 8 heteroatoms. The largest absolute Gasteiger partial charge is 0.497 e. The highest BCUT2D eigenvalue weighted by atomic mass is 16.6. The van der Waals surface area contributed by atoms with Crippen molar-refractivity contribution < 1.29 is 14.5 Å². The number of benzene rings is 1. The molecule has 1 fully saturated rings. The van der Waals surface area contributed by atoms with Crippen LogP contribution in [0.25, 0.3) is 0 Å². The van der Waals surface area contributed by atoms with Crippen molar-refractivity contribution >= 4 is 11.7 Å². The minimum Gasteiger partial charge on any atom is -0.497 e. The van der Waals surface area contributed by atoms with E-state index in [-0.39, 0.29) is 24.2 Å². The third-order valence-electron chi connectivity index (χ3n) is 4.77. The summed E-state index contributed by atoms with van der Waals surface area (Å²) in [5.41, 5.74) is 1.07. The molecule has 0 N–H and O–H groups in total. The highest BCUT2D eigenvalue weighted by Crippen LogP contribution is 2.33. The van der Waals surface area contributed by atoms with E-state index < -0.39 is 4.92 Å². The number of hydrogen-bond donors (Lipinski definition) is 0. The molecule has 0 bridgehead atoms. The van der Waals surface area contributed by atoms with Gasteiger partial charge in [-0.15, -0.1) is 0 Å². The van der Waals surface area contributed by atoms with E-state index in [1.165, 1.54) is 6.20 Å². The maximum absolute atomic E-state index is 12.7. The molecular formula is C18H22N4O4. The van der Waals surface area contributed by atoms with Crippen LogP contribution in [0.15, 0.2) is 30.5 Å². The highest BCUT2D eigenvalue weighted by molar-refractivity contribution is 5.77. The molecule has 0 aliphatic carbocycles. The number of ether oxygens (including phenoxy) is 1. The van der Waals surface area contributed by atoms with Crippen molar-refractivity contribution in [1.29, 1.82) is 0 Å². The molecule has 2 heterocycles. The number of carbonyl (C=O) groups excluding carboxylic acids is 1. The van der Waals surface area contributed by atoms with Crippen molar-refractivity contribution in [3.05, 3.63) is 52.0 Å². The molecule has 138 valence electrons. The number of carbonyl (C=O) groups is 1. The molecule has 1 unspecified atom stereocenters. The van der Waals surface area contributed by atoms with Gasteiger partial charge in [-0.2, -0.15) is 0 Å². The van der Waals surface area contributed by atoms with Gasteiger partial charge in [-0.25, -0.2) is 0 Å². The SMILES string of the molecule is COc1cccc(C2CCCN2C(=O)CCn2cc([N+](=O)[O-])nc2C)c1. The van der Waals surface area contributed by atoms with Crippen molar-refractivity contribution in [2.45, 2.75) is 38.8 Å². The molecule has 2 aromatic rings. The first-order valence-electron chi connectivity index (χ1n) is 8.61. The first-order valence-corrected chi connectivity index (χ1v) is 8.61. The summed E-state index contributed by atoms with van der Waals surface area (Å²) in [5, 5.41) is 10.8. The quantitative estimate of drug-likeness (QED) is 0.585. The topological polar surface area (TPSA) is 90.5 Å². The molecule has 8 nitrogen and oxygen atoms in total. The average molecular weight is 358 g/mol. The number of nitro groups is 1. The Kier molecular flexibility index (Phi) is 5.20. The van der Waals surface area contributed by atoms with Crippen LogP contribution in [0.1, 0.15) is 36.7 Å². The van der Waals surface area contributed by atoms with Crippen molar-refractivity contribution in [2.75, 3.05) is 13.7 Å². The van der Waals surface area contributed by atoms with E-state index in [4.69, 9.17) is 4.74 Å². The molecule has 1 amide bonds. The second-order valence-electron chi connectivity index (χ2n) is 6.37. The van der Waals surface area contributed by atoms with Gasteiger partial charge >= 0.3 is 5.82 Å². The Hall–Kier alpha value is -2.90. The molecule has 0 saturated carbocycles. The minimum atomic E-state index is -0.523. The van der Waals surface area contributed by atoms with E-state index in [0.717, 1.165) is 30.7 Å². The summed E-state index contributed by atoms with van der Waals surface area (Å²) in [6.45, 7) is 2.81. The van der Waals surface area contributed by atoms with E-state index in [9.17, 15) is 14.9 Å². The van der Waals surface area contributed by atoms with Gasteiger partial charge in [-0.05, 0) is 40.4 Å². The Balaban J connectivity index is 1.67. The molecule has 1 aliphatic rings. The molecule has 1 aliphatic heterocycles. The Morgan fingerprint density at radius 3 is 2.96 bits per heavy atom. The second-order valence-corrected chi connectivity index (χ2v) is 6.37. The summed E-state index contributed by atoms with van der Waals surface area (Å²) >= 11 is 0. The van der Waals surface area contributed by atoms with Crippen molar-refractivity contribution in [2.24, 2.45) is 0 Å². The molecule has 26 heavy (non-hydrogen) atoms. The number of amides is 1. The number of methoxy groups -OCH3 is 1. The molecule has 3 rings (SSSR count). The minimum absolute atomic E-state index is 0.0473. The number of aryl methyl sites for hydroxylation is 2. The van der Waals surface area contributed by atoms with Gasteiger partial charge in [0.2, 0.25) is 11.7 Å². The monoisotopic (exact) mass is 358 g/mol. The first kappa shape index (κ1) is 17.9. The normalized spacial score (nSPS) is 16.7. The van der Waals surface area contributed by atoms with Crippen molar-refractivity contribution in [1.82, 2.24) is 14.5 Å². The Morgan fingerprint density at radius 2 is 2.27 bits per heavy atom. The lowest BCUT2D eigenvalue weighted by atomic mass is 10.0. The number of aromatic nitrogens is 2. The standard InChI is InChI=1S/C18H22N4O4/c1-13-19-17(22(24)25)12-20(13)10-8-18(23)21-9-4-7-16(21)14-5-3-6-15(11-14)26-2/h3,5-6,11-12,16H,4,7-10H2,1-2H3. The van der Waals surface area contributed by atoms with E-state index in [1.54, 1.807) is 18.6 Å². The van der Waals surface area contributed by atoms with E-state index in [0.29, 0.717) is 12.4 Å². The van der Waals surface area contributed by atoms with Crippen LogP contribution < -0.4 is 4.74 Å². The Morgan fingerprint density at radius 1 is 1.46 bits per heavy atom. The van der Waals surface area contributed by atoms with Crippen molar-refractivity contribution in [3.8, 4) is 5.75 Å². The predicted molar refractivity (Wildman–Crippen MR) is 94.9 cm³/mol. The number of hydrogen-bond acceptors (Lipinski definition) is 5. The fourth-order valence-corrected chi connectivity index (χ4v) is 3.43. The summed E-state index contributed by atoms with van der Waals surface area (Å²) in [7, 11) is 1.63. The molecular weight excluding hydrogens is 336 g/mol. The van der Waals surface area contributed by atoms with Gasteiger partial charge < -0.3 is 24.3 Å². The lowest BCUT2D eigenvalue weighted by Crippen LogP contribution is -2.31. The molecule has 1 aromatic carbocycles. The number of likely N-dealkylation sites (tertiary alicyclic amines) is 1. The van der Waals surface area contributed by atoms with Gasteiger partial charge in [0.25, 0.3) is 0 Å². The Labute approximate surface area is 151 Å². The van der Waals surface area contributed by atoms with Crippen LogP contribution >= 0.6 is 0 Å². The zero-order valence-electron chi connectivity index (χ0n) is 14.9. The van der Waals surface area contributed by atoms with Crippen LogP contribution in [0.5, 0.6) is 5.75 Å². The van der Waals surface area contributed by atoms with Gasteiger partial charge in [0, 0.05) is 26.4 Å². The smallest absolute Gasteiger partial charge is 0.381 e. The van der Waals surface area contributed by atoms with Gasteiger partial charge in [0.15, 0.2) is 0 Å². The van der Waals surface area contributed by atoms with Crippen LogP contribution in [-0.4, -0.2) is 38.9 Å². The maximum Gasteiger partial charge on any atom is 0.381 e. The number of rotatable bonds is 6. The molecule has 0 spiro atoms. The summed E-state index contributed by atoms with van der Waals surface area (Å²) < 4.78 is 6.94. The number of nitrogens with zero attached hydrogens (tertiary/aromatic N) is 4. The highest BCUT2D eigenvalue weighted by Gasteiger charge is 2.30. The summed E-state index contributed by atoms with van der Waals surface area (Å²) in [6, 6.07) is 7.86. The van der Waals surface area contributed by atoms with Crippen LogP contribution in [-0.2, 0) is 11.3 Å². The average Bonchev–Trinajstić information content (AvgIpc) is 3.26. The van der Waals surface area contributed by atoms with Gasteiger partial charge in [-0.1, -0.05) is 12.1 Å². The predicted octanol–water partition coefficient (Wildman–Crippen LogP) is 2.86. The van der Waals surface area contributed by atoms with Crippen LogP contribution in [0.2, 0.25) is 0 Å².